The van der Waals surface area contributed by atoms with E-state index in [4.69, 9.17) is 14.2 Å². The number of nitrogens with one attached hydrogen (secondary N) is 1. The quantitative estimate of drug-likeness (QED) is 0.282. The van der Waals surface area contributed by atoms with Crippen molar-refractivity contribution in [3.05, 3.63) is 60.2 Å². The number of thiazole rings is 1. The molecule has 176 valence electrons. The second kappa shape index (κ2) is 10.4. The second-order valence-corrected chi connectivity index (χ2v) is 8.30. The van der Waals surface area contributed by atoms with E-state index < -0.39 is 0 Å². The highest BCUT2D eigenvalue weighted by atomic mass is 32.1. The fraction of sp³-hybridized carbons (Fsp3) is 0.231. The van der Waals surface area contributed by atoms with Gasteiger partial charge in [0.25, 0.3) is 5.91 Å². The predicted octanol–water partition coefficient (Wildman–Crippen LogP) is 6.12. The number of phenols is 1. The Morgan fingerprint density at radius 3 is 2.26 bits per heavy atom. The number of para-hydroxylation sites is 1. The van der Waals surface area contributed by atoms with Crippen molar-refractivity contribution in [2.75, 3.05) is 25.1 Å². The van der Waals surface area contributed by atoms with Gasteiger partial charge in [-0.2, -0.15) is 0 Å². The number of ether oxygens (including phenoxy) is 3. The van der Waals surface area contributed by atoms with Gasteiger partial charge in [0.1, 0.15) is 10.8 Å². The standard InChI is InChI=1S/C26H26N2O5S/c1-4-31-21-13-16(14-22(32-5-2)24(21)33-6-3)25(30)27-17-11-12-20(29)18(15-17)26-28-19-9-7-8-10-23(19)34-26/h7-15,29H,4-6H2,1-3H3,(H,27,30). The summed E-state index contributed by atoms with van der Waals surface area (Å²) >= 11 is 1.48. The summed E-state index contributed by atoms with van der Waals surface area (Å²) in [5.41, 5.74) is 2.31. The normalized spacial score (nSPS) is 10.8. The summed E-state index contributed by atoms with van der Waals surface area (Å²) in [5.74, 6) is 1.12. The van der Waals surface area contributed by atoms with Gasteiger partial charge in [0.05, 0.1) is 35.6 Å². The number of rotatable bonds is 9. The van der Waals surface area contributed by atoms with E-state index in [1.54, 1.807) is 30.3 Å². The molecule has 34 heavy (non-hydrogen) atoms. The Morgan fingerprint density at radius 1 is 0.941 bits per heavy atom. The molecule has 0 saturated carbocycles. The molecule has 0 unspecified atom stereocenters. The van der Waals surface area contributed by atoms with Gasteiger partial charge in [-0.15, -0.1) is 11.3 Å². The molecule has 1 amide bonds. The Hall–Kier alpha value is -3.78. The molecule has 8 heteroatoms. The first kappa shape index (κ1) is 23.4. The van der Waals surface area contributed by atoms with Crippen LogP contribution in [0.4, 0.5) is 5.69 Å². The number of carbonyl (C=O) groups excluding carboxylic acids is 1. The summed E-state index contributed by atoms with van der Waals surface area (Å²) in [5, 5.41) is 14.0. The smallest absolute Gasteiger partial charge is 0.255 e. The molecule has 0 aliphatic rings. The number of benzene rings is 3. The maximum Gasteiger partial charge on any atom is 0.255 e. The van der Waals surface area contributed by atoms with Gasteiger partial charge in [0.15, 0.2) is 11.5 Å². The lowest BCUT2D eigenvalue weighted by Crippen LogP contribution is -2.13. The lowest BCUT2D eigenvalue weighted by Gasteiger charge is -2.17. The van der Waals surface area contributed by atoms with Crippen LogP contribution in [0.15, 0.2) is 54.6 Å². The van der Waals surface area contributed by atoms with Gasteiger partial charge >= 0.3 is 0 Å². The number of hydrogen-bond acceptors (Lipinski definition) is 7. The maximum absolute atomic E-state index is 13.1. The fourth-order valence-electron chi connectivity index (χ4n) is 3.50. The highest BCUT2D eigenvalue weighted by molar-refractivity contribution is 7.21. The van der Waals surface area contributed by atoms with Crippen LogP contribution < -0.4 is 19.5 Å². The van der Waals surface area contributed by atoms with Crippen LogP contribution in [0, 0.1) is 0 Å². The van der Waals surface area contributed by atoms with E-state index in [-0.39, 0.29) is 11.7 Å². The molecular weight excluding hydrogens is 452 g/mol. The van der Waals surface area contributed by atoms with E-state index in [1.807, 2.05) is 45.0 Å². The Kier molecular flexibility index (Phi) is 7.18. The van der Waals surface area contributed by atoms with Gasteiger partial charge in [0.2, 0.25) is 5.75 Å². The number of aromatic nitrogens is 1. The molecule has 4 aromatic rings. The van der Waals surface area contributed by atoms with Gasteiger partial charge in [-0.1, -0.05) is 12.1 Å². The Bertz CT molecular complexity index is 1260. The molecular formula is C26H26N2O5S. The summed E-state index contributed by atoms with van der Waals surface area (Å²) in [4.78, 5) is 17.7. The van der Waals surface area contributed by atoms with Crippen molar-refractivity contribution in [2.45, 2.75) is 20.8 Å². The molecule has 1 aromatic heterocycles. The average Bonchev–Trinajstić information content (AvgIpc) is 3.26. The monoisotopic (exact) mass is 478 g/mol. The summed E-state index contributed by atoms with van der Waals surface area (Å²) in [6, 6.07) is 16.0. The molecule has 7 nitrogen and oxygen atoms in total. The zero-order chi connectivity index (χ0) is 24.1. The molecule has 3 aromatic carbocycles. The molecule has 0 atom stereocenters. The highest BCUT2D eigenvalue weighted by Crippen LogP contribution is 2.40. The third kappa shape index (κ3) is 4.92. The van der Waals surface area contributed by atoms with Crippen molar-refractivity contribution in [1.82, 2.24) is 4.98 Å². The zero-order valence-electron chi connectivity index (χ0n) is 19.3. The number of aromatic hydroxyl groups is 1. The van der Waals surface area contributed by atoms with Gasteiger partial charge < -0.3 is 24.6 Å². The minimum absolute atomic E-state index is 0.0930. The van der Waals surface area contributed by atoms with E-state index in [0.717, 1.165) is 10.2 Å². The number of phenolic OH excluding ortho intramolecular Hbond substituents is 1. The third-order valence-corrected chi connectivity index (χ3v) is 6.02. The molecule has 0 radical (unpaired) electrons. The first-order chi connectivity index (χ1) is 16.5. The molecule has 1 heterocycles. The number of hydrogen-bond donors (Lipinski definition) is 2. The summed E-state index contributed by atoms with van der Waals surface area (Å²) in [6.07, 6.45) is 0. The van der Waals surface area contributed by atoms with Crippen LogP contribution >= 0.6 is 11.3 Å². The van der Waals surface area contributed by atoms with Crippen LogP contribution in [0.1, 0.15) is 31.1 Å². The zero-order valence-corrected chi connectivity index (χ0v) is 20.1. The third-order valence-electron chi connectivity index (χ3n) is 4.95. The van der Waals surface area contributed by atoms with Gasteiger partial charge in [-0.3, -0.25) is 4.79 Å². The van der Waals surface area contributed by atoms with Crippen LogP contribution in [0.2, 0.25) is 0 Å². The van der Waals surface area contributed by atoms with Crippen LogP contribution in [0.3, 0.4) is 0 Å². The lowest BCUT2D eigenvalue weighted by atomic mass is 10.1. The summed E-state index contributed by atoms with van der Waals surface area (Å²) < 4.78 is 18.2. The molecule has 2 N–H and O–H groups in total. The average molecular weight is 479 g/mol. The van der Waals surface area contributed by atoms with Gasteiger partial charge in [-0.25, -0.2) is 4.98 Å². The van der Waals surface area contributed by atoms with E-state index in [2.05, 4.69) is 10.3 Å². The first-order valence-electron chi connectivity index (χ1n) is 11.1. The van der Waals surface area contributed by atoms with E-state index in [1.165, 1.54) is 11.3 Å². The minimum atomic E-state index is -0.342. The molecule has 0 fully saturated rings. The van der Waals surface area contributed by atoms with Gasteiger partial charge in [0, 0.05) is 11.3 Å². The second-order valence-electron chi connectivity index (χ2n) is 7.27. The maximum atomic E-state index is 13.1. The first-order valence-corrected chi connectivity index (χ1v) is 11.9. The van der Waals surface area contributed by atoms with Gasteiger partial charge in [-0.05, 0) is 63.2 Å². The highest BCUT2D eigenvalue weighted by Gasteiger charge is 2.19. The number of anilines is 1. The molecule has 0 bridgehead atoms. The van der Waals surface area contributed by atoms with Crippen molar-refractivity contribution in [3.8, 4) is 33.6 Å². The van der Waals surface area contributed by atoms with Crippen LogP contribution in [0.5, 0.6) is 23.0 Å². The summed E-state index contributed by atoms with van der Waals surface area (Å²) in [7, 11) is 0. The molecule has 0 saturated heterocycles. The van der Waals surface area contributed by atoms with Crippen molar-refractivity contribution in [2.24, 2.45) is 0 Å². The number of carbonyl (C=O) groups is 1. The Morgan fingerprint density at radius 2 is 1.62 bits per heavy atom. The molecule has 0 spiro atoms. The van der Waals surface area contributed by atoms with E-state index >= 15 is 0 Å². The summed E-state index contributed by atoms with van der Waals surface area (Å²) in [6.45, 7) is 6.87. The van der Waals surface area contributed by atoms with Crippen molar-refractivity contribution < 1.29 is 24.1 Å². The van der Waals surface area contributed by atoms with Crippen LogP contribution in [-0.4, -0.2) is 35.8 Å². The van der Waals surface area contributed by atoms with Crippen LogP contribution in [0.25, 0.3) is 20.8 Å². The minimum Gasteiger partial charge on any atom is -0.507 e. The van der Waals surface area contributed by atoms with Crippen molar-refractivity contribution in [3.63, 3.8) is 0 Å². The SMILES string of the molecule is CCOc1cc(C(=O)Nc2ccc(O)c(-c3nc4ccccc4s3)c2)cc(OCC)c1OCC. The van der Waals surface area contributed by atoms with Crippen molar-refractivity contribution in [1.29, 1.82) is 0 Å². The van der Waals surface area contributed by atoms with E-state index in [0.29, 0.717) is 58.9 Å². The number of fused-ring (bicyclic) bond motifs is 1. The number of amides is 1. The Labute approximate surface area is 201 Å². The topological polar surface area (TPSA) is 89.9 Å². The largest absolute Gasteiger partial charge is 0.507 e. The fourth-order valence-corrected chi connectivity index (χ4v) is 4.49. The molecule has 4 rings (SSSR count). The number of nitrogens with zero attached hydrogens (tertiary/aromatic N) is 1. The Balaban J connectivity index is 1.65. The molecule has 0 aliphatic carbocycles. The predicted molar refractivity (Wildman–Crippen MR) is 135 cm³/mol. The van der Waals surface area contributed by atoms with Crippen molar-refractivity contribution >= 4 is 33.1 Å². The molecule has 0 aliphatic heterocycles. The van der Waals surface area contributed by atoms with Crippen LogP contribution in [-0.2, 0) is 0 Å². The van der Waals surface area contributed by atoms with E-state index in [9.17, 15) is 9.90 Å². The lowest BCUT2D eigenvalue weighted by molar-refractivity contribution is 0.102.